The number of rotatable bonds is 11. The molecule has 264 valence electrons. The van der Waals surface area contributed by atoms with E-state index < -0.39 is 11.7 Å². The van der Waals surface area contributed by atoms with Crippen LogP contribution in [0.15, 0.2) is 85.2 Å². The second kappa shape index (κ2) is 15.8. The molecule has 1 saturated carbocycles. The number of benzene rings is 2. The van der Waals surface area contributed by atoms with E-state index in [1.807, 2.05) is 47.7 Å². The molecule has 0 bridgehead atoms. The minimum absolute atomic E-state index is 0.0304. The molecule has 1 aliphatic heterocycles. The van der Waals surface area contributed by atoms with Gasteiger partial charge in [0.1, 0.15) is 28.5 Å². The van der Waals surface area contributed by atoms with Crippen LogP contribution in [0.25, 0.3) is 16.8 Å². The molecular formula is C40H44FN7O3. The molecule has 2 fully saturated rings. The summed E-state index contributed by atoms with van der Waals surface area (Å²) in [5, 5.41) is 9.53. The molecule has 0 spiro atoms. The lowest BCUT2D eigenvalue weighted by Crippen LogP contribution is -2.44. The standard InChI is InChI=1S/C40H44FN7O3/c1-27-5-2-9-37-46-36(26-48(27)37)39(50)45-33-16-14-32(15-17-33)44-38(49)35-24-31(41)25-43-40(35)51-34-8-3-7-30(23-34)29-12-10-28(11-13-29)6-4-20-47-21-18-42-19-22-47/h2-3,5,7-13,23-26,32-33,42H,4,6,14-22H2,1H3,(H,44,49)(H,45,50)/t32-,33-. The predicted molar refractivity (Wildman–Crippen MR) is 195 cm³/mol. The normalized spacial score (nSPS) is 18.0. The van der Waals surface area contributed by atoms with E-state index in [1.54, 1.807) is 12.3 Å². The summed E-state index contributed by atoms with van der Waals surface area (Å²) in [6.45, 7) is 7.46. The second-order valence-corrected chi connectivity index (χ2v) is 13.5. The van der Waals surface area contributed by atoms with Crippen molar-refractivity contribution in [3.63, 3.8) is 0 Å². The number of carbonyl (C=O) groups excluding carboxylic acids is 2. The first kappa shape index (κ1) is 34.3. The van der Waals surface area contributed by atoms with Crippen LogP contribution in [0.3, 0.4) is 0 Å². The van der Waals surface area contributed by atoms with Gasteiger partial charge in [-0.15, -0.1) is 0 Å². The number of aryl methyl sites for hydroxylation is 2. The monoisotopic (exact) mass is 689 g/mol. The number of imidazole rings is 1. The van der Waals surface area contributed by atoms with Crippen LogP contribution in [0.2, 0.25) is 0 Å². The van der Waals surface area contributed by atoms with Crippen molar-refractivity contribution in [3.8, 4) is 22.8 Å². The molecule has 0 atom stereocenters. The molecule has 1 aliphatic carbocycles. The number of hydrogen-bond acceptors (Lipinski definition) is 7. The summed E-state index contributed by atoms with van der Waals surface area (Å²) in [6, 6.07) is 22.9. The van der Waals surface area contributed by atoms with Crippen LogP contribution in [0, 0.1) is 12.7 Å². The molecule has 2 aromatic carbocycles. The van der Waals surface area contributed by atoms with Crippen LogP contribution in [-0.4, -0.2) is 75.9 Å². The lowest BCUT2D eigenvalue weighted by Gasteiger charge is -2.29. The van der Waals surface area contributed by atoms with E-state index in [2.05, 4.69) is 55.1 Å². The highest BCUT2D eigenvalue weighted by molar-refractivity contribution is 5.96. The van der Waals surface area contributed by atoms with Gasteiger partial charge in [-0.2, -0.15) is 0 Å². The Morgan fingerprint density at radius 2 is 1.63 bits per heavy atom. The number of ether oxygens (including phenoxy) is 1. The van der Waals surface area contributed by atoms with Gasteiger partial charge in [0.05, 0.1) is 6.20 Å². The number of nitrogens with one attached hydrogen (secondary N) is 3. The second-order valence-electron chi connectivity index (χ2n) is 13.5. The van der Waals surface area contributed by atoms with Gasteiger partial charge in [0.15, 0.2) is 0 Å². The SMILES string of the molecule is Cc1cccc2nc(C(=O)N[C@H]3CC[C@H](NC(=O)c4cc(F)cnc4Oc4cccc(-c5ccc(CCCN6CCNCC6)cc5)c4)CC3)cn12. The molecule has 7 rings (SSSR count). The van der Waals surface area contributed by atoms with Crippen molar-refractivity contribution in [1.82, 2.24) is 35.2 Å². The summed E-state index contributed by atoms with van der Waals surface area (Å²) in [6.07, 6.45) is 7.69. The number of hydrogen-bond donors (Lipinski definition) is 3. The van der Waals surface area contributed by atoms with E-state index in [1.165, 1.54) is 5.56 Å². The van der Waals surface area contributed by atoms with Crippen LogP contribution in [0.4, 0.5) is 4.39 Å². The van der Waals surface area contributed by atoms with Crippen molar-refractivity contribution in [3.05, 3.63) is 114 Å². The van der Waals surface area contributed by atoms with Gasteiger partial charge in [-0.25, -0.2) is 14.4 Å². The van der Waals surface area contributed by atoms with Gasteiger partial charge in [-0.05, 0) is 99.0 Å². The van der Waals surface area contributed by atoms with Crippen molar-refractivity contribution in [2.45, 2.75) is 57.5 Å². The molecule has 0 unspecified atom stereocenters. The Hall–Kier alpha value is -5.13. The molecule has 5 aromatic rings. The van der Waals surface area contributed by atoms with Gasteiger partial charge < -0.3 is 30.0 Å². The Kier molecular flexibility index (Phi) is 10.7. The molecular weight excluding hydrogens is 645 g/mol. The summed E-state index contributed by atoms with van der Waals surface area (Å²) in [7, 11) is 0. The molecule has 3 aromatic heterocycles. The fourth-order valence-corrected chi connectivity index (χ4v) is 6.99. The maximum absolute atomic E-state index is 14.4. The van der Waals surface area contributed by atoms with Crippen molar-refractivity contribution < 1.29 is 18.7 Å². The maximum atomic E-state index is 14.4. The zero-order chi connectivity index (χ0) is 35.2. The van der Waals surface area contributed by atoms with Crippen molar-refractivity contribution in [2.24, 2.45) is 0 Å². The topological polar surface area (TPSA) is 113 Å². The summed E-state index contributed by atoms with van der Waals surface area (Å²) in [5.74, 6) is -0.750. The largest absolute Gasteiger partial charge is 0.438 e. The number of nitrogens with zero attached hydrogens (tertiary/aromatic N) is 4. The van der Waals surface area contributed by atoms with Crippen LogP contribution in [-0.2, 0) is 6.42 Å². The van der Waals surface area contributed by atoms with Crippen molar-refractivity contribution >= 4 is 17.5 Å². The average molecular weight is 690 g/mol. The lowest BCUT2D eigenvalue weighted by molar-refractivity contribution is 0.0888. The van der Waals surface area contributed by atoms with E-state index in [-0.39, 0.29) is 29.4 Å². The molecule has 11 heteroatoms. The van der Waals surface area contributed by atoms with Gasteiger partial charge in [-0.1, -0.05) is 42.5 Å². The number of carbonyl (C=O) groups is 2. The minimum atomic E-state index is -0.622. The summed E-state index contributed by atoms with van der Waals surface area (Å²) < 4.78 is 22.4. The summed E-state index contributed by atoms with van der Waals surface area (Å²) in [4.78, 5) is 37.5. The first-order chi connectivity index (χ1) is 24.9. The zero-order valence-electron chi connectivity index (χ0n) is 28.9. The molecule has 51 heavy (non-hydrogen) atoms. The molecule has 1 saturated heterocycles. The Morgan fingerprint density at radius 3 is 2.37 bits per heavy atom. The highest BCUT2D eigenvalue weighted by Crippen LogP contribution is 2.29. The van der Waals surface area contributed by atoms with Crippen LogP contribution >= 0.6 is 0 Å². The third-order valence-corrected chi connectivity index (χ3v) is 9.87. The molecule has 2 amide bonds. The average Bonchev–Trinajstić information content (AvgIpc) is 3.60. The lowest BCUT2D eigenvalue weighted by atomic mass is 9.91. The molecule has 4 heterocycles. The molecule has 0 radical (unpaired) electrons. The Labute approximate surface area is 297 Å². The number of piperazine rings is 1. The fraction of sp³-hybridized carbons (Fsp3) is 0.350. The fourth-order valence-electron chi connectivity index (χ4n) is 6.99. The predicted octanol–water partition coefficient (Wildman–Crippen LogP) is 5.94. The number of amides is 2. The van der Waals surface area contributed by atoms with E-state index in [9.17, 15) is 14.0 Å². The van der Waals surface area contributed by atoms with E-state index in [0.717, 1.165) is 80.3 Å². The van der Waals surface area contributed by atoms with Crippen LogP contribution < -0.4 is 20.7 Å². The van der Waals surface area contributed by atoms with E-state index in [4.69, 9.17) is 4.74 Å². The Bertz CT molecular complexity index is 1980. The highest BCUT2D eigenvalue weighted by Gasteiger charge is 2.26. The quantitative estimate of drug-likeness (QED) is 0.157. The van der Waals surface area contributed by atoms with Gasteiger partial charge in [0.2, 0.25) is 5.88 Å². The number of pyridine rings is 2. The smallest absolute Gasteiger partial charge is 0.271 e. The minimum Gasteiger partial charge on any atom is -0.438 e. The highest BCUT2D eigenvalue weighted by atomic mass is 19.1. The van der Waals surface area contributed by atoms with Crippen molar-refractivity contribution in [1.29, 1.82) is 0 Å². The van der Waals surface area contributed by atoms with Gasteiger partial charge in [-0.3, -0.25) is 9.59 Å². The number of fused-ring (bicyclic) bond motifs is 1. The van der Waals surface area contributed by atoms with Gasteiger partial charge in [0, 0.05) is 50.2 Å². The third-order valence-electron chi connectivity index (χ3n) is 9.87. The number of aromatic nitrogens is 3. The first-order valence-corrected chi connectivity index (χ1v) is 17.9. The molecule has 10 nitrogen and oxygen atoms in total. The Morgan fingerprint density at radius 1 is 0.902 bits per heavy atom. The van der Waals surface area contributed by atoms with Crippen LogP contribution in [0.5, 0.6) is 11.6 Å². The van der Waals surface area contributed by atoms with Gasteiger partial charge >= 0.3 is 0 Å². The maximum Gasteiger partial charge on any atom is 0.271 e. The Balaban J connectivity index is 0.929. The third kappa shape index (κ3) is 8.61. The molecule has 3 N–H and O–H groups in total. The van der Waals surface area contributed by atoms with E-state index >= 15 is 0 Å². The van der Waals surface area contributed by atoms with Crippen molar-refractivity contribution in [2.75, 3.05) is 32.7 Å². The summed E-state index contributed by atoms with van der Waals surface area (Å²) >= 11 is 0. The van der Waals surface area contributed by atoms with E-state index in [0.29, 0.717) is 37.1 Å². The zero-order valence-corrected chi connectivity index (χ0v) is 28.9. The number of halogens is 1. The van der Waals surface area contributed by atoms with Gasteiger partial charge in [0.25, 0.3) is 11.8 Å². The van der Waals surface area contributed by atoms with Crippen LogP contribution in [0.1, 0.15) is 64.2 Å². The molecule has 2 aliphatic rings. The summed E-state index contributed by atoms with van der Waals surface area (Å²) in [5.41, 5.74) is 5.46. The first-order valence-electron chi connectivity index (χ1n) is 17.9.